The summed E-state index contributed by atoms with van der Waals surface area (Å²) in [7, 11) is 1.72. The number of fused-ring (bicyclic) bond motifs is 2. The lowest BCUT2D eigenvalue weighted by atomic mass is 9.98. The van der Waals surface area contributed by atoms with Crippen molar-refractivity contribution in [3.8, 4) is 22.6 Å². The molecule has 2 aliphatic heterocycles. The van der Waals surface area contributed by atoms with Crippen LogP contribution in [-0.2, 0) is 4.79 Å². The molecule has 4 heterocycles. The average Bonchev–Trinajstić information content (AvgIpc) is 3.09. The van der Waals surface area contributed by atoms with E-state index in [0.717, 1.165) is 11.6 Å². The van der Waals surface area contributed by atoms with Gasteiger partial charge < -0.3 is 19.8 Å². The number of phenols is 1. The van der Waals surface area contributed by atoms with Gasteiger partial charge in [0.15, 0.2) is 5.82 Å². The quantitative estimate of drug-likeness (QED) is 0.333. The molecule has 0 saturated carbocycles. The molecule has 44 heavy (non-hydrogen) atoms. The fourth-order valence-electron chi connectivity index (χ4n) is 6.76. The molecule has 6 rings (SSSR count). The predicted octanol–water partition coefficient (Wildman–Crippen LogP) is 4.90. The molecular formula is C33H34F2N6O3. The number of phenolic OH excluding ortho intramolecular Hbond substituents is 1. The van der Waals surface area contributed by atoms with Crippen molar-refractivity contribution >= 4 is 28.3 Å². The SMILES string of the molecule is C=CC(=O)N1CC(C)N2c3nc(=O)n(-c4c(C)ccnc4C(C)C)c4cc(-c5c(O)cccc5F)c(F)c(c34)N(C)CC2C1. The number of anilines is 2. The van der Waals surface area contributed by atoms with Crippen LogP contribution in [0.2, 0.25) is 0 Å². The van der Waals surface area contributed by atoms with Gasteiger partial charge in [-0.3, -0.25) is 14.3 Å². The number of nitrogens with zero attached hydrogens (tertiary/aromatic N) is 6. The van der Waals surface area contributed by atoms with Crippen molar-refractivity contribution in [1.82, 2.24) is 19.4 Å². The zero-order chi connectivity index (χ0) is 31.6. The van der Waals surface area contributed by atoms with E-state index in [9.17, 15) is 14.7 Å². The van der Waals surface area contributed by atoms with E-state index in [0.29, 0.717) is 41.2 Å². The van der Waals surface area contributed by atoms with Crippen molar-refractivity contribution in [3.63, 3.8) is 0 Å². The number of amides is 1. The van der Waals surface area contributed by atoms with Crippen molar-refractivity contribution in [3.05, 3.63) is 82.6 Å². The lowest BCUT2D eigenvalue weighted by molar-refractivity contribution is -0.127. The molecule has 2 unspecified atom stereocenters. The molecule has 1 saturated heterocycles. The number of carbonyl (C=O) groups is 1. The molecule has 2 atom stereocenters. The summed E-state index contributed by atoms with van der Waals surface area (Å²) in [6.45, 7) is 12.3. The number of aryl methyl sites for hydroxylation is 1. The minimum atomic E-state index is -0.806. The van der Waals surface area contributed by atoms with Crippen LogP contribution in [0.25, 0.3) is 27.7 Å². The molecule has 2 aliphatic rings. The smallest absolute Gasteiger partial charge is 0.354 e. The molecule has 2 aromatic carbocycles. The Hall–Kier alpha value is -4.80. The molecule has 4 aromatic rings. The number of hydrogen-bond acceptors (Lipinski definition) is 7. The number of aromatic nitrogens is 3. The Morgan fingerprint density at radius 2 is 1.91 bits per heavy atom. The van der Waals surface area contributed by atoms with Gasteiger partial charge in [-0.2, -0.15) is 4.98 Å². The maximum Gasteiger partial charge on any atom is 0.354 e. The summed E-state index contributed by atoms with van der Waals surface area (Å²) in [5.74, 6) is -1.99. The summed E-state index contributed by atoms with van der Waals surface area (Å²) >= 11 is 0. The standard InChI is InChI=1S/C33H34F2N6O3/c1-7-25(43)39-14-19(5)40-20(16-39)15-38(6)31-27-23(13-21(28(31)35)26-22(34)9-8-10-24(26)42)41(33(44)37-32(27)40)30-18(4)11-12-36-29(30)17(2)3/h7-13,17,19-20,42H,1,14-16H2,2-6H3. The Morgan fingerprint density at radius 3 is 2.59 bits per heavy atom. The van der Waals surface area contributed by atoms with E-state index in [4.69, 9.17) is 0 Å². The number of likely N-dealkylation sites (N-methyl/N-ethyl adjacent to an activating group) is 1. The zero-order valence-electron chi connectivity index (χ0n) is 25.3. The molecule has 0 aliphatic carbocycles. The number of benzene rings is 2. The van der Waals surface area contributed by atoms with Crippen LogP contribution >= 0.6 is 0 Å². The van der Waals surface area contributed by atoms with E-state index < -0.39 is 23.1 Å². The first-order valence-corrected chi connectivity index (χ1v) is 14.6. The molecule has 0 spiro atoms. The van der Waals surface area contributed by atoms with Crippen molar-refractivity contribution in [2.24, 2.45) is 0 Å². The van der Waals surface area contributed by atoms with Gasteiger partial charge in [0.05, 0.1) is 39.6 Å². The highest BCUT2D eigenvalue weighted by molar-refractivity contribution is 6.05. The predicted molar refractivity (Wildman–Crippen MR) is 167 cm³/mol. The summed E-state index contributed by atoms with van der Waals surface area (Å²) in [5, 5.41) is 11.1. The fourth-order valence-corrected chi connectivity index (χ4v) is 6.76. The second kappa shape index (κ2) is 10.7. The number of rotatable bonds is 4. The molecule has 0 bridgehead atoms. The van der Waals surface area contributed by atoms with Gasteiger partial charge in [0.1, 0.15) is 17.4 Å². The van der Waals surface area contributed by atoms with Crippen molar-refractivity contribution in [2.75, 3.05) is 36.5 Å². The minimum absolute atomic E-state index is 0.0697. The maximum absolute atomic E-state index is 16.9. The first-order chi connectivity index (χ1) is 20.9. The van der Waals surface area contributed by atoms with Crippen molar-refractivity contribution in [1.29, 1.82) is 0 Å². The second-order valence-electron chi connectivity index (χ2n) is 11.9. The van der Waals surface area contributed by atoms with E-state index in [1.54, 1.807) is 29.1 Å². The third kappa shape index (κ3) is 4.40. The van der Waals surface area contributed by atoms with Gasteiger partial charge in [-0.1, -0.05) is 26.5 Å². The molecular weight excluding hydrogens is 566 g/mol. The first kappa shape index (κ1) is 29.3. The largest absolute Gasteiger partial charge is 0.507 e. The van der Waals surface area contributed by atoms with E-state index in [2.05, 4.69) is 16.5 Å². The number of carbonyl (C=O) groups excluding carboxylic acids is 1. The van der Waals surface area contributed by atoms with Crippen LogP contribution in [0.1, 0.15) is 37.9 Å². The van der Waals surface area contributed by atoms with Crippen LogP contribution in [0.4, 0.5) is 20.3 Å². The monoisotopic (exact) mass is 600 g/mol. The highest BCUT2D eigenvalue weighted by Gasteiger charge is 2.41. The first-order valence-electron chi connectivity index (χ1n) is 14.6. The third-order valence-corrected chi connectivity index (χ3v) is 8.64. The fraction of sp³-hybridized carbons (Fsp3) is 0.333. The van der Waals surface area contributed by atoms with Gasteiger partial charge in [-0.05, 0) is 55.7 Å². The van der Waals surface area contributed by atoms with Crippen LogP contribution in [0.5, 0.6) is 5.75 Å². The summed E-state index contributed by atoms with van der Waals surface area (Å²) < 4.78 is 33.7. The summed E-state index contributed by atoms with van der Waals surface area (Å²) in [4.78, 5) is 41.5. The van der Waals surface area contributed by atoms with Crippen molar-refractivity contribution in [2.45, 2.75) is 45.7 Å². The Labute approximate surface area is 253 Å². The van der Waals surface area contributed by atoms with Gasteiger partial charge in [-0.25, -0.2) is 13.6 Å². The zero-order valence-corrected chi connectivity index (χ0v) is 25.3. The molecule has 0 radical (unpaired) electrons. The lowest BCUT2D eigenvalue weighted by Crippen LogP contribution is -2.61. The normalized spacial score (nSPS) is 18.0. The number of piperazine rings is 1. The molecule has 9 nitrogen and oxygen atoms in total. The molecule has 228 valence electrons. The summed E-state index contributed by atoms with van der Waals surface area (Å²) in [5.41, 5.74) is 1.24. The van der Waals surface area contributed by atoms with Gasteiger partial charge in [0.25, 0.3) is 0 Å². The number of pyridine rings is 1. The van der Waals surface area contributed by atoms with Crippen LogP contribution in [0.15, 0.2) is 54.0 Å². The van der Waals surface area contributed by atoms with E-state index in [1.807, 2.05) is 32.6 Å². The molecule has 1 amide bonds. The number of hydrogen-bond donors (Lipinski definition) is 1. The Balaban J connectivity index is 1.77. The molecule has 11 heteroatoms. The Morgan fingerprint density at radius 1 is 1.16 bits per heavy atom. The van der Waals surface area contributed by atoms with Crippen LogP contribution in [0, 0.1) is 18.6 Å². The molecule has 1 N–H and O–H groups in total. The van der Waals surface area contributed by atoms with Crippen LogP contribution < -0.4 is 15.5 Å². The summed E-state index contributed by atoms with van der Waals surface area (Å²) in [6, 6.07) is 6.39. The lowest BCUT2D eigenvalue weighted by Gasteiger charge is -2.46. The molecule has 2 aromatic heterocycles. The van der Waals surface area contributed by atoms with E-state index in [-0.39, 0.29) is 47.3 Å². The highest BCUT2D eigenvalue weighted by Crippen LogP contribution is 2.46. The van der Waals surface area contributed by atoms with Crippen LogP contribution in [0.3, 0.4) is 0 Å². The minimum Gasteiger partial charge on any atom is -0.507 e. The van der Waals surface area contributed by atoms with Crippen LogP contribution in [-0.4, -0.2) is 69.2 Å². The second-order valence-corrected chi connectivity index (χ2v) is 11.9. The Kier molecular flexibility index (Phi) is 7.14. The van der Waals surface area contributed by atoms with E-state index in [1.165, 1.54) is 28.8 Å². The van der Waals surface area contributed by atoms with Gasteiger partial charge in [-0.15, -0.1) is 0 Å². The average molecular weight is 601 g/mol. The number of aromatic hydroxyl groups is 1. The number of halogens is 2. The highest BCUT2D eigenvalue weighted by atomic mass is 19.1. The Bertz CT molecular complexity index is 1890. The summed E-state index contributed by atoms with van der Waals surface area (Å²) in [6.07, 6.45) is 2.94. The van der Waals surface area contributed by atoms with Gasteiger partial charge in [0, 0.05) is 44.5 Å². The maximum atomic E-state index is 16.9. The van der Waals surface area contributed by atoms with E-state index >= 15 is 8.78 Å². The topological polar surface area (TPSA) is 94.8 Å². The van der Waals surface area contributed by atoms with Gasteiger partial charge in [0.2, 0.25) is 5.91 Å². The van der Waals surface area contributed by atoms with Gasteiger partial charge >= 0.3 is 5.69 Å². The third-order valence-electron chi connectivity index (χ3n) is 8.64. The van der Waals surface area contributed by atoms with Crippen molar-refractivity contribution < 1.29 is 18.7 Å². The molecule has 1 fully saturated rings.